The summed E-state index contributed by atoms with van der Waals surface area (Å²) in [5.74, 6) is 0.892. The van der Waals surface area contributed by atoms with Crippen molar-refractivity contribution < 1.29 is 9.84 Å². The number of hydrogen-bond acceptors (Lipinski definition) is 5. The van der Waals surface area contributed by atoms with E-state index in [-0.39, 0.29) is 6.61 Å². The van der Waals surface area contributed by atoms with E-state index >= 15 is 0 Å². The Labute approximate surface area is 172 Å². The van der Waals surface area contributed by atoms with Gasteiger partial charge in [-0.15, -0.1) is 0 Å². The standard InChI is InChI=1S/C24H29N3O2/c1-29-23-9-2-5-19(15-23)16-27-13-12-26(18-22(27)10-14-28)17-21-7-3-6-20-8-4-11-25-24(20)21/h2-9,11,15,22,28H,10,12-14,16-18H2,1H3. The lowest BCUT2D eigenvalue weighted by Crippen LogP contribution is -2.52. The molecule has 1 saturated heterocycles. The minimum absolute atomic E-state index is 0.211. The van der Waals surface area contributed by atoms with Gasteiger partial charge in [0.05, 0.1) is 12.6 Å². The van der Waals surface area contributed by atoms with E-state index in [2.05, 4.69) is 51.2 Å². The average Bonchev–Trinajstić information content (AvgIpc) is 2.76. The van der Waals surface area contributed by atoms with E-state index < -0.39 is 0 Å². The molecule has 29 heavy (non-hydrogen) atoms. The van der Waals surface area contributed by atoms with Crippen LogP contribution >= 0.6 is 0 Å². The Morgan fingerprint density at radius 3 is 2.79 bits per heavy atom. The molecule has 5 nitrogen and oxygen atoms in total. The number of pyridine rings is 1. The highest BCUT2D eigenvalue weighted by molar-refractivity contribution is 5.81. The molecule has 0 aliphatic carbocycles. The molecular formula is C24H29N3O2. The second kappa shape index (κ2) is 9.35. The predicted octanol–water partition coefficient (Wildman–Crippen LogP) is 3.31. The minimum atomic E-state index is 0.211. The monoisotopic (exact) mass is 391 g/mol. The van der Waals surface area contributed by atoms with Crippen molar-refractivity contribution in [2.24, 2.45) is 0 Å². The Kier molecular flexibility index (Phi) is 6.39. The zero-order valence-corrected chi connectivity index (χ0v) is 17.0. The van der Waals surface area contributed by atoms with Gasteiger partial charge in [0.15, 0.2) is 0 Å². The number of rotatable bonds is 7. The molecule has 0 amide bonds. The highest BCUT2D eigenvalue weighted by Crippen LogP contribution is 2.22. The van der Waals surface area contributed by atoms with Crippen LogP contribution in [-0.4, -0.2) is 59.3 Å². The topological polar surface area (TPSA) is 48.8 Å². The Bertz CT molecular complexity index is 941. The van der Waals surface area contributed by atoms with Crippen molar-refractivity contribution in [2.75, 3.05) is 33.4 Å². The number of benzene rings is 2. The van der Waals surface area contributed by atoms with Crippen LogP contribution in [0.2, 0.25) is 0 Å². The number of aliphatic hydroxyl groups excluding tert-OH is 1. The van der Waals surface area contributed by atoms with Crippen molar-refractivity contribution in [2.45, 2.75) is 25.6 Å². The van der Waals surface area contributed by atoms with E-state index in [4.69, 9.17) is 4.74 Å². The lowest BCUT2D eigenvalue weighted by Gasteiger charge is -2.41. The third-order valence-corrected chi connectivity index (χ3v) is 5.78. The van der Waals surface area contributed by atoms with Crippen LogP contribution in [0.3, 0.4) is 0 Å². The maximum absolute atomic E-state index is 9.63. The van der Waals surface area contributed by atoms with E-state index in [1.54, 1.807) is 7.11 Å². The van der Waals surface area contributed by atoms with Crippen LogP contribution in [0, 0.1) is 0 Å². The molecule has 0 saturated carbocycles. The van der Waals surface area contributed by atoms with Gasteiger partial charge in [-0.05, 0) is 35.7 Å². The first-order valence-electron chi connectivity index (χ1n) is 10.3. The first kappa shape index (κ1) is 19.8. The fourth-order valence-corrected chi connectivity index (χ4v) is 4.27. The summed E-state index contributed by atoms with van der Waals surface area (Å²) < 4.78 is 5.36. The summed E-state index contributed by atoms with van der Waals surface area (Å²) in [6, 6.07) is 19.1. The van der Waals surface area contributed by atoms with Gasteiger partial charge in [-0.25, -0.2) is 0 Å². The maximum Gasteiger partial charge on any atom is 0.119 e. The molecule has 1 N–H and O–H groups in total. The van der Waals surface area contributed by atoms with Gasteiger partial charge in [0.25, 0.3) is 0 Å². The maximum atomic E-state index is 9.63. The molecule has 0 spiro atoms. The van der Waals surface area contributed by atoms with E-state index in [1.807, 2.05) is 24.4 Å². The van der Waals surface area contributed by atoms with Gasteiger partial charge in [0.1, 0.15) is 5.75 Å². The summed E-state index contributed by atoms with van der Waals surface area (Å²) in [6.45, 7) is 4.93. The summed E-state index contributed by atoms with van der Waals surface area (Å²) >= 11 is 0. The lowest BCUT2D eigenvalue weighted by atomic mass is 10.0. The van der Waals surface area contributed by atoms with Crippen LogP contribution in [-0.2, 0) is 13.1 Å². The molecule has 5 heteroatoms. The summed E-state index contributed by atoms with van der Waals surface area (Å²) in [5, 5.41) is 10.8. The molecule has 1 unspecified atom stereocenters. The quantitative estimate of drug-likeness (QED) is 0.670. The highest BCUT2D eigenvalue weighted by atomic mass is 16.5. The second-order valence-electron chi connectivity index (χ2n) is 7.72. The highest BCUT2D eigenvalue weighted by Gasteiger charge is 2.27. The number of aliphatic hydroxyl groups is 1. The van der Waals surface area contributed by atoms with Crippen molar-refractivity contribution in [1.29, 1.82) is 0 Å². The number of fused-ring (bicyclic) bond motifs is 1. The number of hydrogen-bond donors (Lipinski definition) is 1. The summed E-state index contributed by atoms with van der Waals surface area (Å²) in [7, 11) is 1.70. The van der Waals surface area contributed by atoms with Gasteiger partial charge in [-0.3, -0.25) is 14.8 Å². The first-order valence-corrected chi connectivity index (χ1v) is 10.3. The number of methoxy groups -OCH3 is 1. The van der Waals surface area contributed by atoms with E-state index in [9.17, 15) is 5.11 Å². The van der Waals surface area contributed by atoms with Crippen molar-refractivity contribution in [1.82, 2.24) is 14.8 Å². The van der Waals surface area contributed by atoms with E-state index in [0.717, 1.165) is 50.4 Å². The predicted molar refractivity (Wildman–Crippen MR) is 116 cm³/mol. The molecule has 152 valence electrons. The van der Waals surface area contributed by atoms with Crippen LogP contribution in [0.4, 0.5) is 0 Å². The molecule has 1 fully saturated rings. The van der Waals surface area contributed by atoms with Crippen LogP contribution < -0.4 is 4.74 Å². The third kappa shape index (κ3) is 4.75. The fraction of sp³-hybridized carbons (Fsp3) is 0.375. The number of aromatic nitrogens is 1. The van der Waals surface area contributed by atoms with Crippen LogP contribution in [0.15, 0.2) is 60.8 Å². The Balaban J connectivity index is 1.46. The Morgan fingerprint density at radius 2 is 1.93 bits per heavy atom. The van der Waals surface area contributed by atoms with Gasteiger partial charge >= 0.3 is 0 Å². The van der Waals surface area contributed by atoms with Gasteiger partial charge in [0.2, 0.25) is 0 Å². The third-order valence-electron chi connectivity index (χ3n) is 5.78. The molecule has 4 rings (SSSR count). The number of para-hydroxylation sites is 1. The first-order chi connectivity index (χ1) is 14.3. The Hall–Kier alpha value is -2.47. The molecule has 1 atom stereocenters. The smallest absolute Gasteiger partial charge is 0.119 e. The normalized spacial score (nSPS) is 18.2. The fourth-order valence-electron chi connectivity index (χ4n) is 4.27. The van der Waals surface area contributed by atoms with Gasteiger partial charge in [0, 0.05) is 57.0 Å². The largest absolute Gasteiger partial charge is 0.497 e. The van der Waals surface area contributed by atoms with Crippen molar-refractivity contribution in [3.63, 3.8) is 0 Å². The summed E-state index contributed by atoms with van der Waals surface area (Å²) in [4.78, 5) is 9.58. The van der Waals surface area contributed by atoms with Crippen molar-refractivity contribution >= 4 is 10.9 Å². The molecule has 2 heterocycles. The zero-order valence-electron chi connectivity index (χ0n) is 17.0. The molecule has 0 radical (unpaired) electrons. The summed E-state index contributed by atoms with van der Waals surface area (Å²) in [6.07, 6.45) is 2.65. The van der Waals surface area contributed by atoms with Crippen LogP contribution in [0.1, 0.15) is 17.5 Å². The van der Waals surface area contributed by atoms with Crippen molar-refractivity contribution in [3.8, 4) is 5.75 Å². The number of nitrogens with zero attached hydrogens (tertiary/aromatic N) is 3. The van der Waals surface area contributed by atoms with E-state index in [1.165, 1.54) is 16.5 Å². The second-order valence-corrected chi connectivity index (χ2v) is 7.72. The molecular weight excluding hydrogens is 362 g/mol. The molecule has 0 bridgehead atoms. The molecule has 2 aromatic carbocycles. The van der Waals surface area contributed by atoms with Crippen molar-refractivity contribution in [3.05, 3.63) is 71.9 Å². The molecule has 1 aromatic heterocycles. The minimum Gasteiger partial charge on any atom is -0.497 e. The number of piperazine rings is 1. The van der Waals surface area contributed by atoms with Gasteiger partial charge in [-0.1, -0.05) is 36.4 Å². The van der Waals surface area contributed by atoms with Crippen LogP contribution in [0.5, 0.6) is 5.75 Å². The number of ether oxygens (including phenoxy) is 1. The Morgan fingerprint density at radius 1 is 1.07 bits per heavy atom. The average molecular weight is 392 g/mol. The van der Waals surface area contributed by atoms with Gasteiger partial charge < -0.3 is 9.84 Å². The SMILES string of the molecule is COc1cccc(CN2CCN(Cc3cccc4cccnc34)CC2CCO)c1. The van der Waals surface area contributed by atoms with Crippen LogP contribution in [0.25, 0.3) is 10.9 Å². The zero-order chi connectivity index (χ0) is 20.1. The molecule has 3 aromatic rings. The summed E-state index contributed by atoms with van der Waals surface area (Å²) in [5.41, 5.74) is 3.61. The lowest BCUT2D eigenvalue weighted by molar-refractivity contribution is 0.0501. The molecule has 1 aliphatic rings. The van der Waals surface area contributed by atoms with E-state index in [0.29, 0.717) is 6.04 Å². The van der Waals surface area contributed by atoms with Gasteiger partial charge in [-0.2, -0.15) is 0 Å². The molecule has 1 aliphatic heterocycles.